The molecule has 120 valence electrons. The largest absolute Gasteiger partial charge is 0.497 e. The Morgan fingerprint density at radius 1 is 1.08 bits per heavy atom. The summed E-state index contributed by atoms with van der Waals surface area (Å²) < 4.78 is 5.09. The number of ketones is 1. The zero-order valence-corrected chi connectivity index (χ0v) is 13.9. The van der Waals surface area contributed by atoms with E-state index in [4.69, 9.17) is 4.74 Å². The van der Waals surface area contributed by atoms with Crippen LogP contribution in [0.2, 0.25) is 0 Å². The molecule has 0 spiro atoms. The Hall–Kier alpha value is -2.73. The molecule has 0 saturated carbocycles. The zero-order valence-electron chi connectivity index (χ0n) is 13.0. The van der Waals surface area contributed by atoms with E-state index in [-0.39, 0.29) is 5.78 Å². The van der Waals surface area contributed by atoms with Gasteiger partial charge in [0.1, 0.15) is 10.8 Å². The van der Waals surface area contributed by atoms with Crippen LogP contribution in [0.25, 0.3) is 11.3 Å². The molecule has 0 amide bonds. The van der Waals surface area contributed by atoms with Crippen LogP contribution in [0.5, 0.6) is 5.75 Å². The van der Waals surface area contributed by atoms with Crippen LogP contribution >= 0.6 is 11.8 Å². The Kier molecular flexibility index (Phi) is 5.18. The van der Waals surface area contributed by atoms with Crippen LogP contribution in [0, 0.1) is 0 Å². The molecule has 24 heavy (non-hydrogen) atoms. The van der Waals surface area contributed by atoms with Crippen LogP contribution in [0.4, 0.5) is 0 Å². The maximum absolute atomic E-state index is 12.2. The van der Waals surface area contributed by atoms with Crippen molar-refractivity contribution in [3.8, 4) is 17.0 Å². The van der Waals surface area contributed by atoms with Gasteiger partial charge in [-0.2, -0.15) is 0 Å². The molecule has 0 aliphatic rings. The molecule has 0 saturated heterocycles. The molecule has 0 fully saturated rings. The van der Waals surface area contributed by atoms with Gasteiger partial charge in [0.2, 0.25) is 0 Å². The van der Waals surface area contributed by atoms with Gasteiger partial charge in [0.25, 0.3) is 0 Å². The van der Waals surface area contributed by atoms with E-state index in [1.165, 1.54) is 11.8 Å². The molecule has 2 heterocycles. The van der Waals surface area contributed by atoms with E-state index in [0.717, 1.165) is 17.0 Å². The van der Waals surface area contributed by atoms with Gasteiger partial charge >= 0.3 is 0 Å². The molecule has 0 atom stereocenters. The standard InChI is InChI=1S/C18H15N3O2S/c1-23-15-6-4-13(5-7-15)17(22)12-24-18-9-8-16(20-21-18)14-3-2-10-19-11-14/h2-11H,12H2,1H3. The van der Waals surface area contributed by atoms with Crippen LogP contribution in [-0.2, 0) is 0 Å². The quantitative estimate of drug-likeness (QED) is 0.506. The fourth-order valence-corrected chi connectivity index (χ4v) is 2.77. The van der Waals surface area contributed by atoms with E-state index in [9.17, 15) is 4.79 Å². The molecule has 0 aliphatic heterocycles. The normalized spacial score (nSPS) is 10.4. The Labute approximate surface area is 144 Å². The van der Waals surface area contributed by atoms with Crippen molar-refractivity contribution in [1.82, 2.24) is 15.2 Å². The summed E-state index contributed by atoms with van der Waals surface area (Å²) >= 11 is 1.37. The van der Waals surface area contributed by atoms with Gasteiger partial charge in [0.05, 0.1) is 18.6 Å². The number of hydrogen-bond donors (Lipinski definition) is 0. The lowest BCUT2D eigenvalue weighted by Gasteiger charge is -2.04. The molecular weight excluding hydrogens is 322 g/mol. The maximum Gasteiger partial charge on any atom is 0.173 e. The third kappa shape index (κ3) is 3.97. The van der Waals surface area contributed by atoms with Crippen LogP contribution in [0.1, 0.15) is 10.4 Å². The number of hydrogen-bond acceptors (Lipinski definition) is 6. The van der Waals surface area contributed by atoms with Crippen molar-refractivity contribution in [2.24, 2.45) is 0 Å². The molecule has 5 nitrogen and oxygen atoms in total. The average molecular weight is 337 g/mol. The second-order valence-electron chi connectivity index (χ2n) is 4.94. The van der Waals surface area contributed by atoms with E-state index in [2.05, 4.69) is 15.2 Å². The van der Waals surface area contributed by atoms with E-state index in [1.54, 1.807) is 43.8 Å². The molecule has 0 bridgehead atoms. The van der Waals surface area contributed by atoms with Crippen molar-refractivity contribution in [2.75, 3.05) is 12.9 Å². The summed E-state index contributed by atoms with van der Waals surface area (Å²) in [5, 5.41) is 9.06. The zero-order chi connectivity index (χ0) is 16.8. The molecule has 6 heteroatoms. The van der Waals surface area contributed by atoms with Gasteiger partial charge in [-0.15, -0.1) is 10.2 Å². The first-order valence-electron chi connectivity index (χ1n) is 7.30. The van der Waals surface area contributed by atoms with E-state index >= 15 is 0 Å². The summed E-state index contributed by atoms with van der Waals surface area (Å²) in [4.78, 5) is 16.3. The second-order valence-corrected chi connectivity index (χ2v) is 5.93. The highest BCUT2D eigenvalue weighted by molar-refractivity contribution is 7.99. The van der Waals surface area contributed by atoms with Gasteiger partial charge in [0, 0.05) is 23.5 Å². The summed E-state index contributed by atoms with van der Waals surface area (Å²) in [6.45, 7) is 0. The molecule has 0 N–H and O–H groups in total. The third-order valence-corrected chi connectivity index (χ3v) is 4.28. The highest BCUT2D eigenvalue weighted by Gasteiger charge is 2.08. The van der Waals surface area contributed by atoms with Gasteiger partial charge < -0.3 is 4.74 Å². The second kappa shape index (κ2) is 7.70. The van der Waals surface area contributed by atoms with Crippen molar-refractivity contribution >= 4 is 17.5 Å². The van der Waals surface area contributed by atoms with Crippen molar-refractivity contribution in [1.29, 1.82) is 0 Å². The molecule has 1 aromatic carbocycles. The number of nitrogens with zero attached hydrogens (tertiary/aromatic N) is 3. The third-order valence-electron chi connectivity index (χ3n) is 3.36. The number of thioether (sulfide) groups is 1. The lowest BCUT2D eigenvalue weighted by atomic mass is 10.1. The van der Waals surface area contributed by atoms with Crippen LogP contribution in [-0.4, -0.2) is 33.8 Å². The molecule has 0 unspecified atom stereocenters. The number of pyridine rings is 1. The average Bonchev–Trinajstić information content (AvgIpc) is 2.67. The van der Waals surface area contributed by atoms with Crippen molar-refractivity contribution < 1.29 is 9.53 Å². The number of benzene rings is 1. The van der Waals surface area contributed by atoms with Gasteiger partial charge in [-0.25, -0.2) is 0 Å². The topological polar surface area (TPSA) is 65.0 Å². The minimum Gasteiger partial charge on any atom is -0.497 e. The van der Waals surface area contributed by atoms with Crippen molar-refractivity contribution in [3.05, 3.63) is 66.5 Å². The molecule has 3 aromatic rings. The summed E-state index contributed by atoms with van der Waals surface area (Å²) in [5.41, 5.74) is 2.33. The smallest absolute Gasteiger partial charge is 0.173 e. The Morgan fingerprint density at radius 3 is 2.54 bits per heavy atom. The Bertz CT molecular complexity index is 806. The highest BCUT2D eigenvalue weighted by atomic mass is 32.2. The number of carbonyl (C=O) groups is 1. The highest BCUT2D eigenvalue weighted by Crippen LogP contribution is 2.20. The van der Waals surface area contributed by atoms with Crippen molar-refractivity contribution in [3.63, 3.8) is 0 Å². The maximum atomic E-state index is 12.2. The van der Waals surface area contributed by atoms with E-state index in [0.29, 0.717) is 16.3 Å². The minimum atomic E-state index is 0.0424. The fraction of sp³-hybridized carbons (Fsp3) is 0.111. The molecule has 0 radical (unpaired) electrons. The monoisotopic (exact) mass is 337 g/mol. The van der Waals surface area contributed by atoms with Gasteiger partial charge in [-0.05, 0) is 48.5 Å². The number of rotatable bonds is 6. The van der Waals surface area contributed by atoms with Gasteiger partial charge in [0.15, 0.2) is 5.78 Å². The van der Waals surface area contributed by atoms with Gasteiger partial charge in [-0.3, -0.25) is 9.78 Å². The summed E-state index contributed by atoms with van der Waals surface area (Å²) in [7, 11) is 1.60. The first-order valence-corrected chi connectivity index (χ1v) is 8.29. The van der Waals surface area contributed by atoms with E-state index in [1.807, 2.05) is 24.3 Å². The van der Waals surface area contributed by atoms with Crippen LogP contribution in [0.15, 0.2) is 66.0 Å². The number of methoxy groups -OCH3 is 1. The Balaban J connectivity index is 1.61. The van der Waals surface area contributed by atoms with Crippen molar-refractivity contribution in [2.45, 2.75) is 5.03 Å². The first kappa shape index (κ1) is 16.1. The minimum absolute atomic E-state index is 0.0424. The lowest BCUT2D eigenvalue weighted by molar-refractivity contribution is 0.102. The summed E-state index contributed by atoms with van der Waals surface area (Å²) in [6, 6.07) is 14.6. The number of ether oxygens (including phenoxy) is 1. The fourth-order valence-electron chi connectivity index (χ4n) is 2.06. The SMILES string of the molecule is COc1ccc(C(=O)CSc2ccc(-c3cccnc3)nn2)cc1. The van der Waals surface area contributed by atoms with Crippen LogP contribution in [0.3, 0.4) is 0 Å². The number of Topliss-reactive ketones (excluding diaryl/α,β-unsaturated/α-hetero) is 1. The predicted octanol–water partition coefficient (Wildman–Crippen LogP) is 3.52. The number of carbonyl (C=O) groups excluding carboxylic acids is 1. The van der Waals surface area contributed by atoms with Gasteiger partial charge in [-0.1, -0.05) is 11.8 Å². The molecule has 3 rings (SSSR count). The predicted molar refractivity (Wildman–Crippen MR) is 93.3 cm³/mol. The number of aromatic nitrogens is 3. The molecular formula is C18H15N3O2S. The molecule has 2 aromatic heterocycles. The Morgan fingerprint density at radius 2 is 1.92 bits per heavy atom. The lowest BCUT2D eigenvalue weighted by Crippen LogP contribution is -2.02. The summed E-state index contributed by atoms with van der Waals surface area (Å²) in [6.07, 6.45) is 3.45. The first-order chi connectivity index (χ1) is 11.8. The van der Waals surface area contributed by atoms with E-state index < -0.39 is 0 Å². The summed E-state index contributed by atoms with van der Waals surface area (Å²) in [5.74, 6) is 1.09. The molecule has 0 aliphatic carbocycles. The van der Waals surface area contributed by atoms with Crippen LogP contribution < -0.4 is 4.74 Å².